The highest BCUT2D eigenvalue weighted by Gasteiger charge is 2.16. The first-order valence-electron chi connectivity index (χ1n) is 7.54. The second kappa shape index (κ2) is 7.22. The number of fused-ring (bicyclic) bond motifs is 1. The third-order valence-corrected chi connectivity index (χ3v) is 3.62. The van der Waals surface area contributed by atoms with Crippen molar-refractivity contribution in [3.05, 3.63) is 76.3 Å². The molecule has 0 spiro atoms. The van der Waals surface area contributed by atoms with Gasteiger partial charge in [-0.2, -0.15) is 0 Å². The fraction of sp³-hybridized carbons (Fsp3) is 0.111. The number of carbonyl (C=O) groups is 2. The number of hydrogen-bond acceptors (Lipinski definition) is 5. The number of ether oxygens (including phenoxy) is 1. The Bertz CT molecular complexity index is 1060. The van der Waals surface area contributed by atoms with Gasteiger partial charge >= 0.3 is 5.97 Å². The van der Waals surface area contributed by atoms with Gasteiger partial charge in [-0.3, -0.25) is 19.0 Å². The molecule has 0 atom stereocenters. The Morgan fingerprint density at radius 2 is 1.88 bits per heavy atom. The number of rotatable bonds is 5. The summed E-state index contributed by atoms with van der Waals surface area (Å²) in [4.78, 5) is 40.0. The van der Waals surface area contributed by atoms with Crippen LogP contribution in [0.25, 0.3) is 10.9 Å². The Morgan fingerprint density at radius 3 is 2.69 bits per heavy atom. The maximum Gasteiger partial charge on any atom is 0.326 e. The first kappa shape index (κ1) is 17.4. The van der Waals surface area contributed by atoms with Crippen molar-refractivity contribution in [2.24, 2.45) is 0 Å². The Balaban J connectivity index is 1.68. The molecule has 0 bridgehead atoms. The van der Waals surface area contributed by atoms with Gasteiger partial charge in [0.05, 0.1) is 22.8 Å². The highest BCUT2D eigenvalue weighted by molar-refractivity contribution is 5.98. The number of carbonyl (C=O) groups excluding carboxylic acids is 2. The molecule has 6 nitrogen and oxygen atoms in total. The predicted octanol–water partition coefficient (Wildman–Crippen LogP) is 2.10. The average Bonchev–Trinajstić information content (AvgIpc) is 2.64. The number of ketones is 1. The summed E-state index contributed by atoms with van der Waals surface area (Å²) >= 11 is 0. The van der Waals surface area contributed by atoms with Crippen LogP contribution in [0.3, 0.4) is 0 Å². The number of benzene rings is 2. The van der Waals surface area contributed by atoms with E-state index in [0.717, 1.165) is 22.8 Å². The van der Waals surface area contributed by atoms with Crippen LogP contribution < -0.4 is 5.56 Å². The minimum atomic E-state index is -0.914. The van der Waals surface area contributed by atoms with Gasteiger partial charge in [-0.15, -0.1) is 0 Å². The van der Waals surface area contributed by atoms with E-state index >= 15 is 0 Å². The molecule has 0 unspecified atom stereocenters. The zero-order valence-electron chi connectivity index (χ0n) is 13.3. The minimum absolute atomic E-state index is 0.334. The lowest BCUT2D eigenvalue weighted by molar-refractivity contribution is -0.143. The monoisotopic (exact) mass is 358 g/mol. The Kier molecular flexibility index (Phi) is 4.83. The lowest BCUT2D eigenvalue weighted by Gasteiger charge is -2.07. The largest absolute Gasteiger partial charge is 0.456 e. The van der Waals surface area contributed by atoms with E-state index in [2.05, 4.69) is 4.98 Å². The zero-order valence-corrected chi connectivity index (χ0v) is 13.3. The van der Waals surface area contributed by atoms with Crippen molar-refractivity contribution in [1.29, 1.82) is 0 Å². The van der Waals surface area contributed by atoms with Crippen LogP contribution in [0.1, 0.15) is 10.4 Å². The molecule has 3 aromatic rings. The second-order valence-corrected chi connectivity index (χ2v) is 5.40. The number of halogens is 2. The standard InChI is InChI=1S/C18H12F2N2O4/c19-11-5-6-14(20)13(7-11)16(23)9-26-17(24)8-22-10-21-15-4-2-1-3-12(15)18(22)25/h1-7,10H,8-9H2. The summed E-state index contributed by atoms with van der Waals surface area (Å²) in [6, 6.07) is 9.03. The van der Waals surface area contributed by atoms with Crippen molar-refractivity contribution in [3.63, 3.8) is 0 Å². The molecule has 2 aromatic carbocycles. The van der Waals surface area contributed by atoms with Crippen LogP contribution >= 0.6 is 0 Å². The molecular weight excluding hydrogens is 346 g/mol. The highest BCUT2D eigenvalue weighted by atomic mass is 19.1. The second-order valence-electron chi connectivity index (χ2n) is 5.40. The summed E-state index contributed by atoms with van der Waals surface area (Å²) < 4.78 is 32.4. The number of nitrogens with zero attached hydrogens (tertiary/aromatic N) is 2. The topological polar surface area (TPSA) is 78.3 Å². The van der Waals surface area contributed by atoms with Crippen LogP contribution in [0.2, 0.25) is 0 Å². The number of aromatic nitrogens is 2. The van der Waals surface area contributed by atoms with Gasteiger partial charge in [0.25, 0.3) is 5.56 Å². The molecule has 1 aromatic heterocycles. The smallest absolute Gasteiger partial charge is 0.326 e. The first-order valence-corrected chi connectivity index (χ1v) is 7.54. The third kappa shape index (κ3) is 3.64. The summed E-state index contributed by atoms with van der Waals surface area (Å²) in [7, 11) is 0. The van der Waals surface area contributed by atoms with Crippen LogP contribution in [0, 0.1) is 11.6 Å². The molecule has 0 aliphatic heterocycles. The number of hydrogen-bond donors (Lipinski definition) is 0. The first-order chi connectivity index (χ1) is 12.5. The molecule has 1 heterocycles. The maximum atomic E-state index is 13.5. The molecule has 0 aliphatic rings. The molecule has 0 N–H and O–H groups in total. The summed E-state index contributed by atoms with van der Waals surface area (Å²) in [5.74, 6) is -3.47. The van der Waals surface area contributed by atoms with Gasteiger partial charge in [-0.25, -0.2) is 13.8 Å². The van der Waals surface area contributed by atoms with Gasteiger partial charge in [0.2, 0.25) is 5.78 Å². The fourth-order valence-electron chi connectivity index (χ4n) is 2.34. The van der Waals surface area contributed by atoms with E-state index in [1.54, 1.807) is 24.3 Å². The predicted molar refractivity (Wildman–Crippen MR) is 87.7 cm³/mol. The fourth-order valence-corrected chi connectivity index (χ4v) is 2.34. The van der Waals surface area contributed by atoms with E-state index in [1.807, 2.05) is 0 Å². The highest BCUT2D eigenvalue weighted by Crippen LogP contribution is 2.11. The van der Waals surface area contributed by atoms with E-state index in [-0.39, 0.29) is 0 Å². The molecule has 132 valence electrons. The Labute approximate surface area is 145 Å². The van der Waals surface area contributed by atoms with Gasteiger partial charge in [0.1, 0.15) is 18.2 Å². The van der Waals surface area contributed by atoms with E-state index in [9.17, 15) is 23.2 Å². The lowest BCUT2D eigenvalue weighted by atomic mass is 10.1. The summed E-state index contributed by atoms with van der Waals surface area (Å²) in [5, 5.41) is 0.334. The normalized spacial score (nSPS) is 10.7. The van der Waals surface area contributed by atoms with Crippen molar-refractivity contribution in [2.75, 3.05) is 6.61 Å². The molecule has 8 heteroatoms. The van der Waals surface area contributed by atoms with Crippen molar-refractivity contribution < 1.29 is 23.1 Å². The van der Waals surface area contributed by atoms with Crippen LogP contribution in [0.15, 0.2) is 53.6 Å². The van der Waals surface area contributed by atoms with Gasteiger partial charge in [-0.1, -0.05) is 12.1 Å². The molecular formula is C18H12F2N2O4. The van der Waals surface area contributed by atoms with Gasteiger partial charge < -0.3 is 4.74 Å². The molecule has 0 amide bonds. The minimum Gasteiger partial charge on any atom is -0.456 e. The van der Waals surface area contributed by atoms with Crippen molar-refractivity contribution >= 4 is 22.7 Å². The summed E-state index contributed by atoms with van der Waals surface area (Å²) in [6.07, 6.45) is 1.19. The Hall–Kier alpha value is -3.42. The quantitative estimate of drug-likeness (QED) is 0.516. The average molecular weight is 358 g/mol. The number of Topliss-reactive ketones (excluding diaryl/α,β-unsaturated/α-hetero) is 1. The van der Waals surface area contributed by atoms with Crippen molar-refractivity contribution in [1.82, 2.24) is 9.55 Å². The molecule has 0 radical (unpaired) electrons. The maximum absolute atomic E-state index is 13.5. The lowest BCUT2D eigenvalue weighted by Crippen LogP contribution is -2.27. The molecule has 0 aliphatic carbocycles. The molecule has 0 saturated heterocycles. The van der Waals surface area contributed by atoms with E-state index < -0.39 is 47.7 Å². The molecule has 0 fully saturated rings. The molecule has 3 rings (SSSR count). The van der Waals surface area contributed by atoms with Crippen LogP contribution in [-0.2, 0) is 16.1 Å². The van der Waals surface area contributed by atoms with E-state index in [1.165, 1.54) is 6.33 Å². The van der Waals surface area contributed by atoms with Crippen LogP contribution in [0.4, 0.5) is 8.78 Å². The van der Waals surface area contributed by atoms with Gasteiger partial charge in [0, 0.05) is 0 Å². The zero-order chi connectivity index (χ0) is 18.7. The SMILES string of the molecule is O=C(Cn1cnc2ccccc2c1=O)OCC(=O)c1cc(F)ccc1F. The van der Waals surface area contributed by atoms with Crippen LogP contribution in [-0.4, -0.2) is 27.9 Å². The van der Waals surface area contributed by atoms with Gasteiger partial charge in [-0.05, 0) is 30.3 Å². The molecule has 0 saturated carbocycles. The van der Waals surface area contributed by atoms with Crippen LogP contribution in [0.5, 0.6) is 0 Å². The van der Waals surface area contributed by atoms with E-state index in [0.29, 0.717) is 10.9 Å². The van der Waals surface area contributed by atoms with E-state index in [4.69, 9.17) is 4.74 Å². The number of esters is 1. The van der Waals surface area contributed by atoms with Gasteiger partial charge in [0.15, 0.2) is 6.61 Å². The number of para-hydroxylation sites is 1. The summed E-state index contributed by atoms with van der Waals surface area (Å²) in [6.45, 7) is -1.23. The van der Waals surface area contributed by atoms with Crippen molar-refractivity contribution in [2.45, 2.75) is 6.54 Å². The third-order valence-electron chi connectivity index (χ3n) is 3.62. The molecule has 26 heavy (non-hydrogen) atoms. The summed E-state index contributed by atoms with van der Waals surface area (Å²) in [5.41, 5.74) is -0.462. The Morgan fingerprint density at radius 1 is 1.12 bits per heavy atom. The van der Waals surface area contributed by atoms with Crippen molar-refractivity contribution in [3.8, 4) is 0 Å².